The van der Waals surface area contributed by atoms with Crippen molar-refractivity contribution in [2.45, 2.75) is 9.79 Å². The molecule has 1 N–H and O–H groups in total. The minimum atomic E-state index is -3.56. The number of hydrogen-bond donors (Lipinski definition) is 1. The third kappa shape index (κ3) is 5.00. The molecule has 0 atom stereocenters. The number of carbonyl (C=O) groups is 2. The SMILES string of the molecule is CN(C)C(=O)Sc1ccccc1NC(=O)c1ccc(Cl)c(S(C)(=O)=O)c1. The lowest BCUT2D eigenvalue weighted by Crippen LogP contribution is -2.17. The highest BCUT2D eigenvalue weighted by Crippen LogP contribution is 2.29. The Bertz CT molecular complexity index is 959. The minimum absolute atomic E-state index is 0.0524. The molecule has 0 aliphatic rings. The zero-order valence-electron chi connectivity index (χ0n) is 14.3. The van der Waals surface area contributed by atoms with Gasteiger partial charge >= 0.3 is 0 Å². The van der Waals surface area contributed by atoms with E-state index in [-0.39, 0.29) is 20.7 Å². The average molecular weight is 413 g/mol. The highest BCUT2D eigenvalue weighted by Gasteiger charge is 2.17. The summed E-state index contributed by atoms with van der Waals surface area (Å²) in [6.07, 6.45) is 1.02. The van der Waals surface area contributed by atoms with Gasteiger partial charge in [-0.3, -0.25) is 9.59 Å². The Morgan fingerprint density at radius 1 is 1.12 bits per heavy atom. The number of anilines is 1. The van der Waals surface area contributed by atoms with E-state index >= 15 is 0 Å². The van der Waals surface area contributed by atoms with E-state index < -0.39 is 15.7 Å². The van der Waals surface area contributed by atoms with Crippen molar-refractivity contribution in [3.63, 3.8) is 0 Å². The topological polar surface area (TPSA) is 83.6 Å². The molecule has 0 radical (unpaired) electrons. The number of amides is 2. The van der Waals surface area contributed by atoms with Gasteiger partial charge in [0.2, 0.25) is 0 Å². The molecule has 2 rings (SSSR count). The van der Waals surface area contributed by atoms with Crippen LogP contribution in [0.5, 0.6) is 0 Å². The average Bonchev–Trinajstić information content (AvgIpc) is 2.55. The molecule has 0 saturated carbocycles. The van der Waals surface area contributed by atoms with Crippen molar-refractivity contribution >= 4 is 50.0 Å². The quantitative estimate of drug-likeness (QED) is 0.773. The number of carbonyl (C=O) groups excluding carboxylic acids is 2. The molecule has 2 amide bonds. The van der Waals surface area contributed by atoms with Gasteiger partial charge in [-0.2, -0.15) is 0 Å². The van der Waals surface area contributed by atoms with Crippen molar-refractivity contribution in [3.05, 3.63) is 53.1 Å². The molecule has 2 aromatic rings. The van der Waals surface area contributed by atoms with Crippen molar-refractivity contribution in [3.8, 4) is 0 Å². The maximum atomic E-state index is 12.5. The van der Waals surface area contributed by atoms with Gasteiger partial charge in [-0.05, 0) is 42.1 Å². The van der Waals surface area contributed by atoms with Gasteiger partial charge < -0.3 is 10.2 Å². The molecule has 6 nitrogen and oxygen atoms in total. The molecular formula is C17H17ClN2O4S2. The third-order valence-corrected chi connectivity index (χ3v) is 5.98. The van der Waals surface area contributed by atoms with E-state index in [9.17, 15) is 18.0 Å². The molecule has 0 fully saturated rings. The number of nitrogens with one attached hydrogen (secondary N) is 1. The van der Waals surface area contributed by atoms with Crippen LogP contribution in [-0.2, 0) is 9.84 Å². The van der Waals surface area contributed by atoms with Gasteiger partial charge in [0.25, 0.3) is 11.1 Å². The van der Waals surface area contributed by atoms with E-state index in [0.717, 1.165) is 18.0 Å². The van der Waals surface area contributed by atoms with E-state index in [1.54, 1.807) is 38.4 Å². The number of nitrogens with zero attached hydrogens (tertiary/aromatic N) is 1. The summed E-state index contributed by atoms with van der Waals surface area (Å²) in [5.74, 6) is -0.503. The molecule has 26 heavy (non-hydrogen) atoms. The number of para-hydroxylation sites is 1. The molecule has 2 aromatic carbocycles. The van der Waals surface area contributed by atoms with Crippen LogP contribution in [0.1, 0.15) is 10.4 Å². The molecule has 0 unspecified atom stereocenters. The number of halogens is 1. The van der Waals surface area contributed by atoms with E-state index in [1.807, 2.05) is 0 Å². The minimum Gasteiger partial charge on any atom is -0.339 e. The highest BCUT2D eigenvalue weighted by atomic mass is 35.5. The molecule has 9 heteroatoms. The van der Waals surface area contributed by atoms with E-state index in [1.165, 1.54) is 23.1 Å². The second-order valence-electron chi connectivity index (χ2n) is 5.63. The lowest BCUT2D eigenvalue weighted by molar-refractivity contribution is 0.102. The summed E-state index contributed by atoms with van der Waals surface area (Å²) in [6.45, 7) is 0. The predicted molar refractivity (Wildman–Crippen MR) is 104 cm³/mol. The summed E-state index contributed by atoms with van der Waals surface area (Å²) in [5.41, 5.74) is 0.599. The largest absolute Gasteiger partial charge is 0.339 e. The molecule has 0 saturated heterocycles. The Morgan fingerprint density at radius 3 is 2.38 bits per heavy atom. The molecule has 0 heterocycles. The first-order chi connectivity index (χ1) is 12.1. The van der Waals surface area contributed by atoms with Crippen molar-refractivity contribution < 1.29 is 18.0 Å². The van der Waals surface area contributed by atoms with Crippen LogP contribution in [-0.4, -0.2) is 44.8 Å². The van der Waals surface area contributed by atoms with Crippen LogP contribution < -0.4 is 5.32 Å². The van der Waals surface area contributed by atoms with Gasteiger partial charge in [0.15, 0.2) is 9.84 Å². The summed E-state index contributed by atoms with van der Waals surface area (Å²) in [6, 6.07) is 10.9. The molecule has 0 spiro atoms. The zero-order valence-corrected chi connectivity index (χ0v) is 16.7. The van der Waals surface area contributed by atoms with Gasteiger partial charge in [0, 0.05) is 30.8 Å². The Hall–Kier alpha value is -2.03. The number of hydrogen-bond acceptors (Lipinski definition) is 5. The first-order valence-electron chi connectivity index (χ1n) is 7.38. The lowest BCUT2D eigenvalue weighted by Gasteiger charge is -2.13. The molecule has 138 valence electrons. The Labute approximate surface area is 161 Å². The Kier molecular flexibility index (Phi) is 6.33. The van der Waals surface area contributed by atoms with Gasteiger partial charge in [-0.15, -0.1) is 0 Å². The highest BCUT2D eigenvalue weighted by molar-refractivity contribution is 8.13. The molecule has 0 aliphatic carbocycles. The smallest absolute Gasteiger partial charge is 0.286 e. The van der Waals surface area contributed by atoms with E-state index in [2.05, 4.69) is 5.32 Å². The fraction of sp³-hybridized carbons (Fsp3) is 0.176. The fourth-order valence-corrected chi connectivity index (χ4v) is 4.02. The van der Waals surface area contributed by atoms with Gasteiger partial charge in [-0.25, -0.2) is 8.42 Å². The van der Waals surface area contributed by atoms with Crippen LogP contribution in [0.25, 0.3) is 0 Å². The van der Waals surface area contributed by atoms with Crippen LogP contribution in [0, 0.1) is 0 Å². The first kappa shape index (κ1) is 20.3. The van der Waals surface area contributed by atoms with E-state index in [4.69, 9.17) is 11.6 Å². The summed E-state index contributed by atoms with van der Waals surface area (Å²) < 4.78 is 23.5. The standard InChI is InChI=1S/C17H17ClN2O4S2/c1-20(2)17(22)25-14-7-5-4-6-13(14)19-16(21)11-8-9-12(18)15(10-11)26(3,23)24/h4-10H,1-3H3,(H,19,21). The fourth-order valence-electron chi connectivity index (χ4n) is 1.97. The maximum Gasteiger partial charge on any atom is 0.286 e. The van der Waals surface area contributed by atoms with Crippen molar-refractivity contribution in [2.75, 3.05) is 25.7 Å². The van der Waals surface area contributed by atoms with E-state index in [0.29, 0.717) is 10.6 Å². The predicted octanol–water partition coefficient (Wildman–Crippen LogP) is 3.77. The maximum absolute atomic E-state index is 12.5. The van der Waals surface area contributed by atoms with Gasteiger partial charge in [0.05, 0.1) is 15.6 Å². The molecule has 0 aromatic heterocycles. The number of rotatable bonds is 4. The monoisotopic (exact) mass is 412 g/mol. The normalized spacial score (nSPS) is 11.1. The van der Waals surface area contributed by atoms with Gasteiger partial charge in [-0.1, -0.05) is 23.7 Å². The third-order valence-electron chi connectivity index (χ3n) is 3.29. The van der Waals surface area contributed by atoms with Gasteiger partial charge in [0.1, 0.15) is 0 Å². The second kappa shape index (κ2) is 8.11. The van der Waals surface area contributed by atoms with Crippen LogP contribution in [0.2, 0.25) is 5.02 Å². The Morgan fingerprint density at radius 2 is 1.77 bits per heavy atom. The lowest BCUT2D eigenvalue weighted by atomic mass is 10.2. The van der Waals surface area contributed by atoms with Crippen LogP contribution in [0.4, 0.5) is 10.5 Å². The Balaban J connectivity index is 2.30. The summed E-state index contributed by atoms with van der Waals surface area (Å²) >= 11 is 6.88. The molecular weight excluding hydrogens is 396 g/mol. The first-order valence-corrected chi connectivity index (χ1v) is 10.5. The summed E-state index contributed by atoms with van der Waals surface area (Å²) in [7, 11) is -0.290. The summed E-state index contributed by atoms with van der Waals surface area (Å²) in [5, 5.41) is 2.57. The van der Waals surface area contributed by atoms with Crippen LogP contribution >= 0.6 is 23.4 Å². The van der Waals surface area contributed by atoms with Crippen LogP contribution in [0.15, 0.2) is 52.3 Å². The van der Waals surface area contributed by atoms with Crippen molar-refractivity contribution in [1.29, 1.82) is 0 Å². The second-order valence-corrected chi connectivity index (χ2v) is 9.01. The zero-order chi connectivity index (χ0) is 19.5. The van der Waals surface area contributed by atoms with Crippen molar-refractivity contribution in [2.24, 2.45) is 0 Å². The van der Waals surface area contributed by atoms with Crippen LogP contribution in [0.3, 0.4) is 0 Å². The number of benzene rings is 2. The van der Waals surface area contributed by atoms with Crippen molar-refractivity contribution in [1.82, 2.24) is 4.90 Å². The molecule has 0 aliphatic heterocycles. The summed E-state index contributed by atoms with van der Waals surface area (Å²) in [4.78, 5) is 26.3. The number of sulfone groups is 1. The number of thioether (sulfide) groups is 1. The molecule has 0 bridgehead atoms.